The summed E-state index contributed by atoms with van der Waals surface area (Å²) in [6, 6.07) is 3.11. The maximum atomic E-state index is 13.3. The monoisotopic (exact) mass is 264 g/mol. The van der Waals surface area contributed by atoms with E-state index in [4.69, 9.17) is 5.84 Å². The molecule has 0 bridgehead atoms. The van der Waals surface area contributed by atoms with Crippen LogP contribution in [0.4, 0.5) is 8.78 Å². The minimum atomic E-state index is -3.24. The molecule has 0 aliphatic rings. The number of nitrogens with two attached hydrogens (primary N) is 1. The highest BCUT2D eigenvalue weighted by atomic mass is 32.2. The molecule has 0 radical (unpaired) electrons. The highest BCUT2D eigenvalue weighted by molar-refractivity contribution is 7.90. The van der Waals surface area contributed by atoms with Gasteiger partial charge >= 0.3 is 0 Å². The molecular weight excluding hydrogens is 250 g/mol. The minimum absolute atomic E-state index is 0.00711. The molecule has 4 nitrogen and oxygen atoms in total. The zero-order valence-corrected chi connectivity index (χ0v) is 10.1. The smallest absolute Gasteiger partial charge is 0.162 e. The summed E-state index contributed by atoms with van der Waals surface area (Å²) in [6.07, 6.45) is 1.06. The molecular formula is C10H14F2N2O2S. The van der Waals surface area contributed by atoms with Crippen molar-refractivity contribution in [2.75, 3.05) is 12.0 Å². The highest BCUT2D eigenvalue weighted by Crippen LogP contribution is 2.13. The zero-order chi connectivity index (χ0) is 13.1. The van der Waals surface area contributed by atoms with Gasteiger partial charge in [-0.25, -0.2) is 17.2 Å². The largest absolute Gasteiger partial charge is 0.271 e. The van der Waals surface area contributed by atoms with Gasteiger partial charge in [-0.15, -0.1) is 0 Å². The third-order valence-corrected chi connectivity index (χ3v) is 3.25. The molecule has 1 unspecified atom stereocenters. The van der Waals surface area contributed by atoms with E-state index in [-0.39, 0.29) is 17.7 Å². The predicted molar refractivity (Wildman–Crippen MR) is 60.9 cm³/mol. The first-order chi connectivity index (χ1) is 7.83. The Labute approximate surface area is 98.7 Å². The Balaban J connectivity index is 2.85. The van der Waals surface area contributed by atoms with E-state index in [2.05, 4.69) is 5.43 Å². The summed E-state index contributed by atoms with van der Waals surface area (Å²) in [4.78, 5) is 0. The van der Waals surface area contributed by atoms with Gasteiger partial charge in [-0.2, -0.15) is 0 Å². The molecule has 1 atom stereocenters. The lowest BCUT2D eigenvalue weighted by Gasteiger charge is -2.15. The van der Waals surface area contributed by atoms with Gasteiger partial charge in [0.15, 0.2) is 11.6 Å². The van der Waals surface area contributed by atoms with Crippen molar-refractivity contribution in [2.24, 2.45) is 5.84 Å². The molecule has 7 heteroatoms. The molecule has 1 rings (SSSR count). The molecule has 1 aromatic carbocycles. The first-order valence-corrected chi connectivity index (χ1v) is 6.96. The van der Waals surface area contributed by atoms with E-state index in [1.54, 1.807) is 0 Å². The summed E-state index contributed by atoms with van der Waals surface area (Å²) >= 11 is 0. The number of rotatable bonds is 5. The summed E-state index contributed by atoms with van der Waals surface area (Å²) in [5, 5.41) is 0. The molecule has 0 aliphatic heterocycles. The summed E-state index contributed by atoms with van der Waals surface area (Å²) in [5.74, 6) is 3.02. The molecule has 0 aliphatic carbocycles. The van der Waals surface area contributed by atoms with Crippen molar-refractivity contribution < 1.29 is 17.2 Å². The van der Waals surface area contributed by atoms with Gasteiger partial charge in [0.25, 0.3) is 0 Å². The molecule has 3 N–H and O–H groups in total. The second-order valence-corrected chi connectivity index (χ2v) is 6.06. The predicted octanol–water partition coefficient (Wildman–Crippen LogP) is 0.384. The molecule has 0 saturated carbocycles. The fourth-order valence-electron chi connectivity index (χ4n) is 1.50. The first-order valence-electron chi connectivity index (χ1n) is 4.90. The minimum Gasteiger partial charge on any atom is -0.271 e. The highest BCUT2D eigenvalue weighted by Gasteiger charge is 2.17. The Bertz CT molecular complexity index is 491. The van der Waals surface area contributed by atoms with Crippen LogP contribution in [-0.4, -0.2) is 26.5 Å². The van der Waals surface area contributed by atoms with Crippen molar-refractivity contribution >= 4 is 9.84 Å². The van der Waals surface area contributed by atoms with E-state index in [0.29, 0.717) is 0 Å². The summed E-state index contributed by atoms with van der Waals surface area (Å²) < 4.78 is 48.4. The number of hydrogen-bond donors (Lipinski definition) is 2. The first kappa shape index (κ1) is 14.0. The summed E-state index contributed by atoms with van der Waals surface area (Å²) in [5.41, 5.74) is 2.38. The van der Waals surface area contributed by atoms with Crippen molar-refractivity contribution in [3.05, 3.63) is 35.4 Å². The Kier molecular flexibility index (Phi) is 4.55. The molecule has 0 saturated heterocycles. The van der Waals surface area contributed by atoms with Crippen LogP contribution in [0.25, 0.3) is 0 Å². The average molecular weight is 264 g/mol. The number of nitrogens with one attached hydrogen (secondary N) is 1. The number of hydrazine groups is 1. The van der Waals surface area contributed by atoms with Gasteiger partial charge < -0.3 is 0 Å². The van der Waals surface area contributed by atoms with E-state index < -0.39 is 27.5 Å². The normalized spacial score (nSPS) is 13.6. The van der Waals surface area contributed by atoms with Crippen LogP contribution >= 0.6 is 0 Å². The lowest BCUT2D eigenvalue weighted by molar-refractivity contribution is 0.483. The molecule has 17 heavy (non-hydrogen) atoms. The van der Waals surface area contributed by atoms with Crippen LogP contribution in [0.5, 0.6) is 0 Å². The third kappa shape index (κ3) is 4.37. The number of benzene rings is 1. The molecule has 0 aromatic heterocycles. The second-order valence-electron chi connectivity index (χ2n) is 3.87. The molecule has 0 amide bonds. The van der Waals surface area contributed by atoms with Gasteiger partial charge in [0.2, 0.25) is 0 Å². The lowest BCUT2D eigenvalue weighted by atomic mass is 10.1. The van der Waals surface area contributed by atoms with Gasteiger partial charge in [-0.05, 0) is 18.1 Å². The number of halogens is 2. The standard InChI is InChI=1S/C10H14F2N2O2S/c1-17(15,16)6-8(14-13)5-7-3-2-4-9(11)10(7)12/h2-4,8,14H,5-6,13H2,1H3. The van der Waals surface area contributed by atoms with E-state index in [9.17, 15) is 17.2 Å². The lowest BCUT2D eigenvalue weighted by Crippen LogP contribution is -2.41. The topological polar surface area (TPSA) is 72.2 Å². The van der Waals surface area contributed by atoms with Gasteiger partial charge in [-0.3, -0.25) is 11.3 Å². The molecule has 0 heterocycles. The Morgan fingerprint density at radius 2 is 2.06 bits per heavy atom. The van der Waals surface area contributed by atoms with Crippen molar-refractivity contribution in [1.82, 2.24) is 5.43 Å². The molecule has 1 aromatic rings. The third-order valence-electron chi connectivity index (χ3n) is 2.24. The fourth-order valence-corrected chi connectivity index (χ4v) is 2.45. The van der Waals surface area contributed by atoms with Crippen molar-refractivity contribution in [3.8, 4) is 0 Å². The zero-order valence-electron chi connectivity index (χ0n) is 9.28. The SMILES string of the molecule is CS(=O)(=O)CC(Cc1cccc(F)c1F)NN. The van der Waals surface area contributed by atoms with Gasteiger partial charge in [0.1, 0.15) is 9.84 Å². The van der Waals surface area contributed by atoms with Crippen molar-refractivity contribution in [2.45, 2.75) is 12.5 Å². The quantitative estimate of drug-likeness (QED) is 0.596. The number of sulfone groups is 1. The van der Waals surface area contributed by atoms with E-state index in [0.717, 1.165) is 12.3 Å². The van der Waals surface area contributed by atoms with Crippen molar-refractivity contribution in [3.63, 3.8) is 0 Å². The molecule has 0 fully saturated rings. The van der Waals surface area contributed by atoms with Crippen LogP contribution in [0, 0.1) is 11.6 Å². The van der Waals surface area contributed by atoms with Crippen molar-refractivity contribution in [1.29, 1.82) is 0 Å². The Hall–Kier alpha value is -1.05. The van der Waals surface area contributed by atoms with Gasteiger partial charge in [0, 0.05) is 12.3 Å². The van der Waals surface area contributed by atoms with E-state index in [1.807, 2.05) is 0 Å². The van der Waals surface area contributed by atoms with Crippen LogP contribution in [-0.2, 0) is 16.3 Å². The second kappa shape index (κ2) is 5.52. The van der Waals surface area contributed by atoms with E-state index >= 15 is 0 Å². The number of hydrogen-bond acceptors (Lipinski definition) is 4. The van der Waals surface area contributed by atoms with Crippen LogP contribution in [0.3, 0.4) is 0 Å². The molecule has 0 spiro atoms. The van der Waals surface area contributed by atoms with E-state index in [1.165, 1.54) is 12.1 Å². The van der Waals surface area contributed by atoms with Crippen LogP contribution in [0.1, 0.15) is 5.56 Å². The molecule has 96 valence electrons. The summed E-state index contributed by atoms with van der Waals surface area (Å²) in [6.45, 7) is 0. The maximum Gasteiger partial charge on any atom is 0.162 e. The maximum absolute atomic E-state index is 13.3. The van der Waals surface area contributed by atoms with Gasteiger partial charge in [0.05, 0.1) is 5.75 Å². The Morgan fingerprint density at radius 3 is 2.59 bits per heavy atom. The summed E-state index contributed by atoms with van der Waals surface area (Å²) in [7, 11) is -3.24. The average Bonchev–Trinajstić information content (AvgIpc) is 2.21. The Morgan fingerprint density at radius 1 is 1.41 bits per heavy atom. The fraction of sp³-hybridized carbons (Fsp3) is 0.400. The van der Waals surface area contributed by atoms with Crippen LogP contribution < -0.4 is 11.3 Å². The van der Waals surface area contributed by atoms with Crippen LogP contribution in [0.15, 0.2) is 18.2 Å². The van der Waals surface area contributed by atoms with Crippen LogP contribution in [0.2, 0.25) is 0 Å². The van der Waals surface area contributed by atoms with Gasteiger partial charge in [-0.1, -0.05) is 12.1 Å².